The predicted octanol–water partition coefficient (Wildman–Crippen LogP) is 3.81. The van der Waals surface area contributed by atoms with E-state index in [1.165, 1.54) is 5.56 Å². The summed E-state index contributed by atoms with van der Waals surface area (Å²) < 4.78 is 0. The molecule has 1 heterocycles. The molecule has 0 aliphatic heterocycles. The molecule has 3 heteroatoms. The molecule has 2 nitrogen and oxygen atoms in total. The van der Waals surface area contributed by atoms with Gasteiger partial charge >= 0.3 is 0 Å². The Kier molecular flexibility index (Phi) is 4.15. The van der Waals surface area contributed by atoms with Crippen LogP contribution in [0.25, 0.3) is 11.3 Å². The van der Waals surface area contributed by atoms with Crippen molar-refractivity contribution >= 4 is 11.3 Å². The van der Waals surface area contributed by atoms with Crippen LogP contribution in [-0.4, -0.2) is 10.1 Å². The molecule has 0 saturated heterocycles. The molecule has 0 atom stereocenters. The van der Waals surface area contributed by atoms with Gasteiger partial charge in [0.25, 0.3) is 0 Å². The number of hydrogen-bond donors (Lipinski definition) is 1. The van der Waals surface area contributed by atoms with Gasteiger partial charge in [0.05, 0.1) is 12.3 Å². The maximum absolute atomic E-state index is 9.11. The molecule has 0 amide bonds. The van der Waals surface area contributed by atoms with Crippen LogP contribution in [0, 0.1) is 12.8 Å². The van der Waals surface area contributed by atoms with Crippen molar-refractivity contribution in [1.82, 2.24) is 4.98 Å². The number of benzene rings is 1. The zero-order valence-corrected chi connectivity index (χ0v) is 11.9. The van der Waals surface area contributed by atoms with E-state index in [2.05, 4.69) is 43.1 Å². The Morgan fingerprint density at radius 1 is 1.22 bits per heavy atom. The number of aliphatic hydroxyl groups is 1. The Morgan fingerprint density at radius 3 is 2.39 bits per heavy atom. The number of hydrogen-bond acceptors (Lipinski definition) is 3. The highest BCUT2D eigenvalue weighted by molar-refractivity contribution is 7.12. The highest BCUT2D eigenvalue weighted by Gasteiger charge is 2.09. The van der Waals surface area contributed by atoms with Gasteiger partial charge in [0.1, 0.15) is 5.01 Å². The van der Waals surface area contributed by atoms with E-state index in [4.69, 9.17) is 5.11 Å². The van der Waals surface area contributed by atoms with Gasteiger partial charge in [-0.15, -0.1) is 11.3 Å². The molecule has 0 unspecified atom stereocenters. The van der Waals surface area contributed by atoms with Crippen molar-refractivity contribution in [2.24, 2.45) is 5.92 Å². The van der Waals surface area contributed by atoms with Crippen molar-refractivity contribution < 1.29 is 5.11 Å². The van der Waals surface area contributed by atoms with Crippen molar-refractivity contribution in [2.45, 2.75) is 33.8 Å². The van der Waals surface area contributed by atoms with Gasteiger partial charge in [-0.2, -0.15) is 0 Å². The molecule has 1 aromatic carbocycles. The first-order valence-electron chi connectivity index (χ1n) is 6.26. The molecule has 0 fully saturated rings. The fourth-order valence-electron chi connectivity index (χ4n) is 2.06. The number of rotatable bonds is 4. The van der Waals surface area contributed by atoms with Crippen LogP contribution in [0.3, 0.4) is 0 Å². The van der Waals surface area contributed by atoms with Gasteiger partial charge in [-0.05, 0) is 24.8 Å². The summed E-state index contributed by atoms with van der Waals surface area (Å²) >= 11 is 1.56. The van der Waals surface area contributed by atoms with Crippen LogP contribution in [0.1, 0.15) is 29.3 Å². The second-order valence-corrected chi connectivity index (χ2v) is 6.25. The van der Waals surface area contributed by atoms with Crippen LogP contribution in [0.5, 0.6) is 0 Å². The van der Waals surface area contributed by atoms with Gasteiger partial charge in [-0.3, -0.25) is 0 Å². The number of aromatic nitrogens is 1. The molecule has 2 aromatic rings. The first-order chi connectivity index (χ1) is 8.60. The standard InChI is InChI=1S/C15H19NOS/c1-10(2)8-12-4-6-13(7-5-12)15-11(3)18-14(9-17)16-15/h4-7,10,17H,8-9H2,1-3H3. The third-order valence-corrected chi connectivity index (χ3v) is 3.80. The summed E-state index contributed by atoms with van der Waals surface area (Å²) in [6.45, 7) is 6.53. The molecule has 2 rings (SSSR count). The SMILES string of the molecule is Cc1sc(CO)nc1-c1ccc(CC(C)C)cc1. The maximum atomic E-state index is 9.11. The Bertz CT molecular complexity index is 514. The van der Waals surface area contributed by atoms with Gasteiger partial charge in [0, 0.05) is 10.4 Å². The van der Waals surface area contributed by atoms with E-state index in [9.17, 15) is 0 Å². The first kappa shape index (κ1) is 13.2. The van der Waals surface area contributed by atoms with Crippen LogP contribution < -0.4 is 0 Å². The lowest BCUT2D eigenvalue weighted by atomic mass is 10.0. The zero-order valence-electron chi connectivity index (χ0n) is 11.1. The van der Waals surface area contributed by atoms with E-state index < -0.39 is 0 Å². The van der Waals surface area contributed by atoms with E-state index in [-0.39, 0.29) is 6.61 Å². The fraction of sp³-hybridized carbons (Fsp3) is 0.400. The van der Waals surface area contributed by atoms with Crippen molar-refractivity contribution in [3.8, 4) is 11.3 Å². The molecule has 0 bridgehead atoms. The minimum atomic E-state index is 0.0247. The van der Waals surface area contributed by atoms with Crippen molar-refractivity contribution in [2.75, 3.05) is 0 Å². The lowest BCUT2D eigenvalue weighted by Gasteiger charge is -2.05. The van der Waals surface area contributed by atoms with E-state index in [1.807, 2.05) is 6.92 Å². The normalized spacial score (nSPS) is 11.2. The summed E-state index contributed by atoms with van der Waals surface area (Å²) in [5, 5.41) is 9.90. The van der Waals surface area contributed by atoms with Crippen molar-refractivity contribution in [3.63, 3.8) is 0 Å². The molecule has 0 saturated carbocycles. The summed E-state index contributed by atoms with van der Waals surface area (Å²) in [7, 11) is 0. The average Bonchev–Trinajstić information content (AvgIpc) is 2.71. The smallest absolute Gasteiger partial charge is 0.119 e. The second kappa shape index (κ2) is 5.63. The topological polar surface area (TPSA) is 33.1 Å². The molecule has 0 radical (unpaired) electrons. The minimum absolute atomic E-state index is 0.0247. The maximum Gasteiger partial charge on any atom is 0.119 e. The van der Waals surface area contributed by atoms with Crippen molar-refractivity contribution in [1.29, 1.82) is 0 Å². The summed E-state index contributed by atoms with van der Waals surface area (Å²) in [6, 6.07) is 8.60. The molecule has 0 aliphatic rings. The van der Waals surface area contributed by atoms with Gasteiger partial charge in [-0.1, -0.05) is 38.1 Å². The van der Waals surface area contributed by atoms with E-state index in [0.29, 0.717) is 5.92 Å². The molecule has 18 heavy (non-hydrogen) atoms. The largest absolute Gasteiger partial charge is 0.389 e. The third-order valence-electron chi connectivity index (χ3n) is 2.85. The second-order valence-electron chi connectivity index (χ2n) is 4.97. The summed E-state index contributed by atoms with van der Waals surface area (Å²) in [4.78, 5) is 5.62. The molecular weight excluding hydrogens is 242 g/mol. The zero-order chi connectivity index (χ0) is 13.1. The lowest BCUT2D eigenvalue weighted by molar-refractivity contribution is 0.281. The predicted molar refractivity (Wildman–Crippen MR) is 76.8 cm³/mol. The van der Waals surface area contributed by atoms with E-state index >= 15 is 0 Å². The highest BCUT2D eigenvalue weighted by Crippen LogP contribution is 2.28. The van der Waals surface area contributed by atoms with Gasteiger partial charge in [-0.25, -0.2) is 4.98 Å². The summed E-state index contributed by atoms with van der Waals surface area (Å²) in [6.07, 6.45) is 1.11. The number of aliphatic hydroxyl groups excluding tert-OH is 1. The van der Waals surface area contributed by atoms with Crippen LogP contribution in [0.15, 0.2) is 24.3 Å². The van der Waals surface area contributed by atoms with Gasteiger partial charge < -0.3 is 5.11 Å². The quantitative estimate of drug-likeness (QED) is 0.908. The monoisotopic (exact) mass is 261 g/mol. The van der Waals surface area contributed by atoms with Gasteiger partial charge in [0.15, 0.2) is 0 Å². The third kappa shape index (κ3) is 2.98. The van der Waals surface area contributed by atoms with Crippen molar-refractivity contribution in [3.05, 3.63) is 39.7 Å². The van der Waals surface area contributed by atoms with E-state index in [0.717, 1.165) is 27.6 Å². The first-order valence-corrected chi connectivity index (χ1v) is 7.08. The molecule has 0 spiro atoms. The number of aryl methyl sites for hydroxylation is 1. The molecule has 96 valence electrons. The fourth-order valence-corrected chi connectivity index (χ4v) is 2.87. The minimum Gasteiger partial charge on any atom is -0.389 e. The summed E-state index contributed by atoms with van der Waals surface area (Å²) in [5.74, 6) is 0.679. The number of thiazole rings is 1. The Balaban J connectivity index is 2.25. The molecule has 1 aromatic heterocycles. The summed E-state index contributed by atoms with van der Waals surface area (Å²) in [5.41, 5.74) is 3.50. The Morgan fingerprint density at radius 2 is 1.89 bits per heavy atom. The van der Waals surface area contributed by atoms with E-state index in [1.54, 1.807) is 11.3 Å². The van der Waals surface area contributed by atoms with Crippen LogP contribution in [0.2, 0.25) is 0 Å². The van der Waals surface area contributed by atoms with Crippen LogP contribution >= 0.6 is 11.3 Å². The highest BCUT2D eigenvalue weighted by atomic mass is 32.1. The number of nitrogens with zero attached hydrogens (tertiary/aromatic N) is 1. The molecule has 0 aliphatic carbocycles. The molecular formula is C15H19NOS. The molecule has 1 N–H and O–H groups in total. The Hall–Kier alpha value is -1.19. The van der Waals surface area contributed by atoms with Crippen LogP contribution in [0.4, 0.5) is 0 Å². The Labute approximate surface area is 112 Å². The average molecular weight is 261 g/mol. The lowest BCUT2D eigenvalue weighted by Crippen LogP contribution is -1.93. The van der Waals surface area contributed by atoms with Gasteiger partial charge in [0.2, 0.25) is 0 Å². The van der Waals surface area contributed by atoms with Crippen LogP contribution in [-0.2, 0) is 13.0 Å².